The fraction of sp³-hybridized carbons (Fsp3) is 0.136. The molecule has 3 rings (SSSR count). The summed E-state index contributed by atoms with van der Waals surface area (Å²) in [5.74, 6) is 0.00571. The molecule has 0 aliphatic carbocycles. The highest BCUT2D eigenvalue weighted by Crippen LogP contribution is 2.27. The summed E-state index contributed by atoms with van der Waals surface area (Å²) in [6, 6.07) is 28.5. The minimum absolute atomic E-state index is 0.00571. The molecule has 0 spiro atoms. The number of hydrogen-bond donors (Lipinski definition) is 2. The predicted octanol–water partition coefficient (Wildman–Crippen LogP) is 3.62. The van der Waals surface area contributed by atoms with Crippen LogP contribution in [0.15, 0.2) is 84.9 Å². The quantitative estimate of drug-likeness (QED) is 0.712. The number of benzene rings is 3. The van der Waals surface area contributed by atoms with E-state index in [1.54, 1.807) is 0 Å². The molecule has 0 fully saturated rings. The van der Waals surface area contributed by atoms with Gasteiger partial charge in [-0.1, -0.05) is 78.9 Å². The van der Waals surface area contributed by atoms with E-state index in [9.17, 15) is 4.79 Å². The average Bonchev–Trinajstić information content (AvgIpc) is 2.68. The Morgan fingerprint density at radius 1 is 0.880 bits per heavy atom. The van der Waals surface area contributed by atoms with Crippen LogP contribution < -0.4 is 10.6 Å². The second-order valence-corrected chi connectivity index (χ2v) is 6.10. The number of anilines is 1. The van der Waals surface area contributed by atoms with Crippen LogP contribution in [0.4, 0.5) is 5.69 Å². The van der Waals surface area contributed by atoms with E-state index in [4.69, 9.17) is 0 Å². The molecule has 0 radical (unpaired) electrons. The number of nitrogens with one attached hydrogen (secondary N) is 1. The van der Waals surface area contributed by atoms with Gasteiger partial charge in [-0.3, -0.25) is 4.79 Å². The Balaban J connectivity index is 1.64. The molecular formula is C22H23N2O+. The third kappa shape index (κ3) is 4.55. The van der Waals surface area contributed by atoms with Gasteiger partial charge < -0.3 is 10.6 Å². The first kappa shape index (κ1) is 16.9. The SMILES string of the molecule is C[C@@H]([NH2+]CC(=O)Nc1ccccc1-c1ccccc1)c1ccccc1. The summed E-state index contributed by atoms with van der Waals surface area (Å²) in [5.41, 5.74) is 4.20. The first-order valence-electron chi connectivity index (χ1n) is 8.56. The van der Waals surface area contributed by atoms with Crippen LogP contribution in [0.5, 0.6) is 0 Å². The number of amides is 1. The van der Waals surface area contributed by atoms with Gasteiger partial charge in [0.05, 0.1) is 0 Å². The standard InChI is InChI=1S/C22H22N2O/c1-17(18-10-4-2-5-11-18)23-16-22(25)24-21-15-9-8-14-20(21)19-12-6-3-7-13-19/h2-15,17,23H,16H2,1H3,(H,24,25)/p+1/t17-/m1/s1. The van der Waals surface area contributed by atoms with E-state index in [0.29, 0.717) is 6.54 Å². The Morgan fingerprint density at radius 3 is 2.20 bits per heavy atom. The number of quaternary nitrogens is 1. The molecule has 0 saturated carbocycles. The van der Waals surface area contributed by atoms with Gasteiger partial charge in [0, 0.05) is 16.8 Å². The van der Waals surface area contributed by atoms with E-state index >= 15 is 0 Å². The Kier molecular flexibility index (Phi) is 5.60. The van der Waals surface area contributed by atoms with Crippen LogP contribution in [-0.4, -0.2) is 12.5 Å². The second kappa shape index (κ2) is 8.27. The Morgan fingerprint density at radius 2 is 1.48 bits per heavy atom. The zero-order valence-corrected chi connectivity index (χ0v) is 14.4. The van der Waals surface area contributed by atoms with Crippen LogP contribution >= 0.6 is 0 Å². The lowest BCUT2D eigenvalue weighted by molar-refractivity contribution is -0.682. The monoisotopic (exact) mass is 331 g/mol. The number of carbonyl (C=O) groups excluding carboxylic acids is 1. The summed E-state index contributed by atoms with van der Waals surface area (Å²) in [5, 5.41) is 5.10. The van der Waals surface area contributed by atoms with Crippen molar-refractivity contribution in [2.24, 2.45) is 0 Å². The fourth-order valence-corrected chi connectivity index (χ4v) is 2.84. The highest BCUT2D eigenvalue weighted by atomic mass is 16.1. The third-order valence-corrected chi connectivity index (χ3v) is 4.27. The van der Waals surface area contributed by atoms with E-state index in [1.807, 2.05) is 60.7 Å². The van der Waals surface area contributed by atoms with Crippen molar-refractivity contribution in [2.75, 3.05) is 11.9 Å². The molecule has 3 aromatic rings. The van der Waals surface area contributed by atoms with Gasteiger partial charge in [0.1, 0.15) is 6.04 Å². The number of hydrogen-bond acceptors (Lipinski definition) is 1. The highest BCUT2D eigenvalue weighted by Gasteiger charge is 2.13. The molecule has 0 bridgehead atoms. The summed E-state index contributed by atoms with van der Waals surface area (Å²) in [6.45, 7) is 2.50. The van der Waals surface area contributed by atoms with Crippen LogP contribution in [0.3, 0.4) is 0 Å². The van der Waals surface area contributed by atoms with E-state index in [0.717, 1.165) is 16.8 Å². The van der Waals surface area contributed by atoms with Gasteiger partial charge in [-0.2, -0.15) is 0 Å². The molecule has 1 atom stereocenters. The average molecular weight is 331 g/mol. The number of para-hydroxylation sites is 1. The van der Waals surface area contributed by atoms with Crippen LogP contribution in [0.1, 0.15) is 18.5 Å². The van der Waals surface area contributed by atoms with Gasteiger partial charge in [0.15, 0.2) is 6.54 Å². The lowest BCUT2D eigenvalue weighted by Gasteiger charge is -2.13. The molecule has 126 valence electrons. The first-order valence-corrected chi connectivity index (χ1v) is 8.56. The largest absolute Gasteiger partial charge is 0.333 e. The third-order valence-electron chi connectivity index (χ3n) is 4.27. The molecule has 3 nitrogen and oxygen atoms in total. The maximum absolute atomic E-state index is 12.4. The number of rotatable bonds is 6. The zero-order chi connectivity index (χ0) is 17.5. The van der Waals surface area contributed by atoms with Crippen molar-refractivity contribution in [1.82, 2.24) is 0 Å². The molecule has 3 heteroatoms. The van der Waals surface area contributed by atoms with Gasteiger partial charge >= 0.3 is 0 Å². The maximum Gasteiger partial charge on any atom is 0.279 e. The van der Waals surface area contributed by atoms with E-state index in [-0.39, 0.29) is 11.9 Å². The van der Waals surface area contributed by atoms with Crippen molar-refractivity contribution in [3.63, 3.8) is 0 Å². The Labute approximate surface area is 148 Å². The molecule has 0 aliphatic rings. The van der Waals surface area contributed by atoms with Crippen molar-refractivity contribution in [2.45, 2.75) is 13.0 Å². The molecule has 0 saturated heterocycles. The summed E-state index contributed by atoms with van der Waals surface area (Å²) in [6.07, 6.45) is 0. The van der Waals surface area contributed by atoms with Crippen LogP contribution in [0, 0.1) is 0 Å². The van der Waals surface area contributed by atoms with Crippen LogP contribution in [-0.2, 0) is 4.79 Å². The fourth-order valence-electron chi connectivity index (χ4n) is 2.84. The van der Waals surface area contributed by atoms with Gasteiger partial charge in [-0.05, 0) is 18.6 Å². The van der Waals surface area contributed by atoms with E-state index < -0.39 is 0 Å². The topological polar surface area (TPSA) is 45.7 Å². The molecule has 3 N–H and O–H groups in total. The van der Waals surface area contributed by atoms with E-state index in [1.165, 1.54) is 5.56 Å². The van der Waals surface area contributed by atoms with Gasteiger partial charge in [0.2, 0.25) is 0 Å². The number of carbonyl (C=O) groups is 1. The van der Waals surface area contributed by atoms with Gasteiger partial charge in [0.25, 0.3) is 5.91 Å². The van der Waals surface area contributed by atoms with Crippen molar-refractivity contribution in [3.8, 4) is 11.1 Å². The smallest absolute Gasteiger partial charge is 0.279 e. The van der Waals surface area contributed by atoms with Crippen molar-refractivity contribution >= 4 is 11.6 Å². The molecule has 3 aromatic carbocycles. The molecule has 1 amide bonds. The number of nitrogens with two attached hydrogens (primary N) is 1. The lowest BCUT2D eigenvalue weighted by atomic mass is 10.0. The van der Waals surface area contributed by atoms with Crippen LogP contribution in [0.25, 0.3) is 11.1 Å². The summed E-state index contributed by atoms with van der Waals surface area (Å²) < 4.78 is 0. The van der Waals surface area contributed by atoms with Crippen molar-refractivity contribution in [3.05, 3.63) is 90.5 Å². The zero-order valence-electron chi connectivity index (χ0n) is 14.4. The highest BCUT2D eigenvalue weighted by molar-refractivity contribution is 5.95. The second-order valence-electron chi connectivity index (χ2n) is 6.10. The molecular weight excluding hydrogens is 308 g/mol. The first-order chi connectivity index (χ1) is 12.2. The molecule has 0 aliphatic heterocycles. The van der Waals surface area contributed by atoms with Crippen molar-refractivity contribution in [1.29, 1.82) is 0 Å². The predicted molar refractivity (Wildman–Crippen MR) is 102 cm³/mol. The summed E-state index contributed by atoms with van der Waals surface area (Å²) in [7, 11) is 0. The normalized spacial score (nSPS) is 11.7. The minimum atomic E-state index is 0.00571. The summed E-state index contributed by atoms with van der Waals surface area (Å²) >= 11 is 0. The van der Waals surface area contributed by atoms with Crippen LogP contribution in [0.2, 0.25) is 0 Å². The summed E-state index contributed by atoms with van der Waals surface area (Å²) in [4.78, 5) is 12.4. The molecule has 25 heavy (non-hydrogen) atoms. The van der Waals surface area contributed by atoms with Crippen molar-refractivity contribution < 1.29 is 10.1 Å². The Bertz CT molecular complexity index is 816. The Hall–Kier alpha value is -2.91. The molecule has 0 unspecified atom stereocenters. The molecule has 0 aromatic heterocycles. The molecule has 0 heterocycles. The maximum atomic E-state index is 12.4. The lowest BCUT2D eigenvalue weighted by Crippen LogP contribution is -2.86. The van der Waals surface area contributed by atoms with Gasteiger partial charge in [-0.15, -0.1) is 0 Å². The minimum Gasteiger partial charge on any atom is -0.333 e. The van der Waals surface area contributed by atoms with E-state index in [2.05, 4.69) is 41.8 Å². The van der Waals surface area contributed by atoms with Gasteiger partial charge in [-0.25, -0.2) is 0 Å².